The first-order valence-electron chi connectivity index (χ1n) is 8.66. The molecule has 1 amide bonds. The summed E-state index contributed by atoms with van der Waals surface area (Å²) < 4.78 is 34.6. The highest BCUT2D eigenvalue weighted by molar-refractivity contribution is 5.90. The van der Waals surface area contributed by atoms with Crippen LogP contribution in [0, 0.1) is 11.6 Å². The smallest absolute Gasteiger partial charge is 0.414 e. The third-order valence-corrected chi connectivity index (χ3v) is 4.40. The van der Waals surface area contributed by atoms with Gasteiger partial charge in [0, 0.05) is 31.8 Å². The quantitative estimate of drug-likeness (QED) is 0.653. The topological polar surface area (TPSA) is 121 Å². The van der Waals surface area contributed by atoms with Crippen LogP contribution in [-0.2, 0) is 9.57 Å². The van der Waals surface area contributed by atoms with Gasteiger partial charge in [0.05, 0.1) is 25.4 Å². The summed E-state index contributed by atoms with van der Waals surface area (Å²) in [5.74, 6) is -1.18. The number of aromatic nitrogens is 4. The molecule has 28 heavy (non-hydrogen) atoms. The molecule has 0 unspecified atom stereocenters. The average Bonchev–Trinajstić information content (AvgIpc) is 3.23. The van der Waals surface area contributed by atoms with Crippen molar-refractivity contribution < 1.29 is 23.1 Å². The second-order valence-corrected chi connectivity index (χ2v) is 6.23. The molecule has 11 nitrogen and oxygen atoms in total. The average molecular weight is 396 g/mol. The number of hydrogen-bond acceptors (Lipinski definition) is 9. The molecule has 13 heteroatoms. The number of H-pyrrole nitrogens is 1. The molecule has 0 bridgehead atoms. The van der Waals surface area contributed by atoms with Gasteiger partial charge in [-0.3, -0.25) is 9.74 Å². The molecule has 3 N–H and O–H groups in total. The Morgan fingerprint density at radius 2 is 2.11 bits per heavy atom. The SMILES string of the molecule is O=C1O[C@@H](CNc2nnn[nH]2)CN1c1cc(F)c(N2CCNOCC2)c(F)c1. The van der Waals surface area contributed by atoms with Crippen LogP contribution in [0.5, 0.6) is 0 Å². The lowest BCUT2D eigenvalue weighted by atomic mass is 10.2. The van der Waals surface area contributed by atoms with Crippen LogP contribution in [0.15, 0.2) is 12.1 Å². The minimum Gasteiger partial charge on any atom is -0.442 e. The van der Waals surface area contributed by atoms with Crippen LogP contribution in [-0.4, -0.2) is 72.2 Å². The van der Waals surface area contributed by atoms with E-state index in [0.717, 1.165) is 12.1 Å². The number of carbonyl (C=O) groups is 1. The van der Waals surface area contributed by atoms with Gasteiger partial charge >= 0.3 is 6.09 Å². The fourth-order valence-corrected chi connectivity index (χ4v) is 3.11. The van der Waals surface area contributed by atoms with Crippen molar-refractivity contribution in [1.29, 1.82) is 0 Å². The summed E-state index contributed by atoms with van der Waals surface area (Å²) >= 11 is 0. The van der Waals surface area contributed by atoms with E-state index in [9.17, 15) is 13.6 Å². The zero-order valence-corrected chi connectivity index (χ0v) is 14.7. The summed E-state index contributed by atoms with van der Waals surface area (Å²) in [5.41, 5.74) is 2.65. The number of anilines is 3. The predicted octanol–water partition coefficient (Wildman–Crippen LogP) is 0.256. The maximum Gasteiger partial charge on any atom is 0.414 e. The van der Waals surface area contributed by atoms with Gasteiger partial charge in [-0.2, -0.15) is 0 Å². The molecule has 1 aromatic carbocycles. The first kappa shape index (κ1) is 18.3. The van der Waals surface area contributed by atoms with Crippen molar-refractivity contribution in [3.8, 4) is 0 Å². The zero-order valence-electron chi connectivity index (χ0n) is 14.7. The second-order valence-electron chi connectivity index (χ2n) is 6.23. The number of carbonyl (C=O) groups excluding carboxylic acids is 1. The fourth-order valence-electron chi connectivity index (χ4n) is 3.11. The van der Waals surface area contributed by atoms with Crippen LogP contribution >= 0.6 is 0 Å². The van der Waals surface area contributed by atoms with Crippen LogP contribution in [0.2, 0.25) is 0 Å². The summed E-state index contributed by atoms with van der Waals surface area (Å²) in [6, 6.07) is 2.27. The lowest BCUT2D eigenvalue weighted by molar-refractivity contribution is 0.0589. The Bertz CT molecular complexity index is 806. The number of amides is 1. The molecule has 0 spiro atoms. The molecule has 1 aromatic heterocycles. The highest BCUT2D eigenvalue weighted by atomic mass is 19.1. The van der Waals surface area contributed by atoms with Crippen molar-refractivity contribution >= 4 is 23.4 Å². The van der Waals surface area contributed by atoms with E-state index < -0.39 is 23.8 Å². The van der Waals surface area contributed by atoms with Crippen molar-refractivity contribution in [1.82, 2.24) is 26.1 Å². The van der Waals surface area contributed by atoms with Gasteiger partial charge in [0.25, 0.3) is 0 Å². The minimum atomic E-state index is -0.751. The molecule has 3 heterocycles. The Balaban J connectivity index is 1.47. The number of benzene rings is 1. The van der Waals surface area contributed by atoms with E-state index in [1.54, 1.807) is 4.90 Å². The van der Waals surface area contributed by atoms with Gasteiger partial charge in [0.2, 0.25) is 5.95 Å². The summed E-state index contributed by atoms with van der Waals surface area (Å²) in [4.78, 5) is 20.0. The number of aromatic amines is 1. The van der Waals surface area contributed by atoms with Crippen LogP contribution in [0.3, 0.4) is 0 Å². The Morgan fingerprint density at radius 3 is 2.86 bits per heavy atom. The molecular formula is C15H18F2N8O3. The number of tetrazole rings is 1. The minimum absolute atomic E-state index is 0.0942. The molecule has 1 atom stereocenters. The molecule has 2 saturated heterocycles. The van der Waals surface area contributed by atoms with Crippen LogP contribution in [0.25, 0.3) is 0 Å². The third-order valence-electron chi connectivity index (χ3n) is 4.40. The molecule has 0 saturated carbocycles. The molecule has 4 rings (SSSR count). The molecule has 2 aliphatic rings. The number of nitrogens with zero attached hydrogens (tertiary/aromatic N) is 5. The Morgan fingerprint density at radius 1 is 1.29 bits per heavy atom. The van der Waals surface area contributed by atoms with Gasteiger partial charge in [-0.1, -0.05) is 5.10 Å². The standard InChI is InChI=1S/C15H18F2N8O3/c16-11-5-9(6-12(17)13(11)24-2-1-19-27-4-3-24)25-8-10(28-15(25)26)7-18-14-20-22-23-21-14/h5-6,10,19H,1-4,7-8H2,(H2,18,20,21,22,23)/t10-/m0/s1. The summed E-state index contributed by atoms with van der Waals surface area (Å²) in [7, 11) is 0. The van der Waals surface area contributed by atoms with E-state index in [1.807, 2.05) is 0 Å². The van der Waals surface area contributed by atoms with Crippen LogP contribution in [0.4, 0.5) is 30.9 Å². The Hall–Kier alpha value is -3.06. The Labute approximate surface area is 157 Å². The number of cyclic esters (lactones) is 1. The summed E-state index contributed by atoms with van der Waals surface area (Å²) in [6.45, 7) is 1.85. The van der Waals surface area contributed by atoms with Gasteiger partial charge in [-0.15, -0.1) is 0 Å². The van der Waals surface area contributed by atoms with Gasteiger partial charge in [-0.05, 0) is 10.4 Å². The highest BCUT2D eigenvalue weighted by Gasteiger charge is 2.33. The van der Waals surface area contributed by atoms with Gasteiger partial charge in [-0.25, -0.2) is 24.2 Å². The Kier molecular flexibility index (Phi) is 5.16. The predicted molar refractivity (Wildman–Crippen MR) is 92.8 cm³/mol. The van der Waals surface area contributed by atoms with E-state index in [4.69, 9.17) is 9.57 Å². The van der Waals surface area contributed by atoms with Crippen molar-refractivity contribution in [3.63, 3.8) is 0 Å². The summed E-state index contributed by atoms with van der Waals surface area (Å²) in [6.07, 6.45) is -1.21. The molecule has 2 aliphatic heterocycles. The molecule has 150 valence electrons. The van der Waals surface area contributed by atoms with E-state index in [-0.39, 0.29) is 24.5 Å². The summed E-state index contributed by atoms with van der Waals surface area (Å²) in [5, 5.41) is 15.9. The van der Waals surface area contributed by atoms with Crippen molar-refractivity contribution in [2.24, 2.45) is 0 Å². The van der Waals surface area contributed by atoms with Crippen molar-refractivity contribution in [2.75, 3.05) is 54.4 Å². The number of rotatable bonds is 5. The van der Waals surface area contributed by atoms with Gasteiger partial charge < -0.3 is 15.0 Å². The lowest BCUT2D eigenvalue weighted by Gasteiger charge is -2.24. The van der Waals surface area contributed by atoms with Crippen LogP contribution < -0.4 is 20.6 Å². The maximum absolute atomic E-state index is 14.7. The van der Waals surface area contributed by atoms with Crippen molar-refractivity contribution in [3.05, 3.63) is 23.8 Å². The number of ether oxygens (including phenoxy) is 1. The first-order chi connectivity index (χ1) is 13.6. The van der Waals surface area contributed by atoms with E-state index >= 15 is 0 Å². The number of hydrogen-bond donors (Lipinski definition) is 3. The van der Waals surface area contributed by atoms with E-state index in [2.05, 4.69) is 31.4 Å². The van der Waals surface area contributed by atoms with E-state index in [1.165, 1.54) is 4.90 Å². The monoisotopic (exact) mass is 396 g/mol. The van der Waals surface area contributed by atoms with Crippen molar-refractivity contribution in [2.45, 2.75) is 6.10 Å². The third kappa shape index (κ3) is 3.80. The number of nitrogens with one attached hydrogen (secondary N) is 3. The number of halogens is 2. The normalized spacial score (nSPS) is 20.2. The zero-order chi connectivity index (χ0) is 19.5. The molecule has 2 fully saturated rings. The second kappa shape index (κ2) is 7.90. The van der Waals surface area contributed by atoms with Crippen LogP contribution in [0.1, 0.15) is 0 Å². The van der Waals surface area contributed by atoms with Gasteiger partial charge in [0.1, 0.15) is 11.8 Å². The lowest BCUT2D eigenvalue weighted by Crippen LogP contribution is -2.31. The maximum atomic E-state index is 14.7. The highest BCUT2D eigenvalue weighted by Crippen LogP contribution is 2.31. The molecule has 2 aromatic rings. The fraction of sp³-hybridized carbons (Fsp3) is 0.467. The molecule has 0 radical (unpaired) electrons. The number of hydroxylamine groups is 1. The largest absolute Gasteiger partial charge is 0.442 e. The van der Waals surface area contributed by atoms with E-state index in [0.29, 0.717) is 32.2 Å². The first-order valence-corrected chi connectivity index (χ1v) is 8.66. The van der Waals surface area contributed by atoms with Gasteiger partial charge in [0.15, 0.2) is 11.6 Å². The molecule has 0 aliphatic carbocycles. The molecular weight excluding hydrogens is 378 g/mol.